The van der Waals surface area contributed by atoms with Gasteiger partial charge in [0.15, 0.2) is 12.6 Å². The number of aliphatic hydroxyl groups is 4. The smallest absolute Gasteiger partial charge is 0.725 e. The van der Waals surface area contributed by atoms with Gasteiger partial charge in [-0.15, -0.1) is 4.33 Å². The van der Waals surface area contributed by atoms with E-state index in [1.807, 2.05) is 0 Å². The van der Waals surface area contributed by atoms with Crippen LogP contribution in [0.25, 0.3) is 0 Å². The van der Waals surface area contributed by atoms with E-state index in [1.165, 1.54) is 0 Å². The van der Waals surface area contributed by atoms with Gasteiger partial charge in [-0.25, -0.2) is 46.2 Å². The van der Waals surface area contributed by atoms with Crippen molar-refractivity contribution in [1.29, 1.82) is 0 Å². The topological polar surface area (TPSA) is 356 Å². The van der Waals surface area contributed by atoms with Crippen molar-refractivity contribution in [2.24, 2.45) is 5.92 Å². The van der Waals surface area contributed by atoms with Gasteiger partial charge < -0.3 is 38.6 Å². The molecule has 29 heteroatoms. The molecule has 0 aromatic rings. The molecule has 0 aliphatic heterocycles. The third kappa shape index (κ3) is 20.2. The zero-order chi connectivity index (χ0) is 24.3. The Kier molecular flexibility index (Phi) is 24.7. The maximum Gasteiger partial charge on any atom is 1.00 e. The minimum Gasteiger partial charge on any atom is -0.725 e. The van der Waals surface area contributed by atoms with E-state index in [4.69, 9.17) is 0 Å². The maximum atomic E-state index is 10.7. The normalized spacial score (nSPS) is 17.8. The molecule has 0 saturated heterocycles. The Morgan fingerprint density at radius 3 is 1.18 bits per heavy atom. The van der Waals surface area contributed by atoms with Gasteiger partial charge in [0.2, 0.25) is 53.7 Å². The molecule has 0 aliphatic rings. The molecule has 0 fully saturated rings. The van der Waals surface area contributed by atoms with Gasteiger partial charge in [0.05, 0.1) is 0 Å². The van der Waals surface area contributed by atoms with Crippen molar-refractivity contribution >= 4 is 41.6 Å². The van der Waals surface area contributed by atoms with E-state index in [2.05, 4.69) is 21.8 Å². The average molecular weight is 624 g/mol. The Morgan fingerprint density at radius 2 is 0.941 bits per heavy atom. The monoisotopic (exact) mass is 624 g/mol. The van der Waals surface area contributed by atoms with Crippen LogP contribution in [0, 0.1) is 5.92 Å². The van der Waals surface area contributed by atoms with Crippen molar-refractivity contribution in [3.8, 4) is 0 Å². The third-order valence-corrected chi connectivity index (χ3v) is 3.91. The summed E-state index contributed by atoms with van der Waals surface area (Å²) in [6, 6.07) is 0. The van der Waals surface area contributed by atoms with E-state index >= 15 is 0 Å². The molecule has 0 rings (SSSR count). The quantitative estimate of drug-likeness (QED) is 0.0369. The molecule has 21 nitrogen and oxygen atoms in total. The zero-order valence-electron chi connectivity index (χ0n) is 17.2. The third-order valence-electron chi connectivity index (χ3n) is 2.33. The summed E-state index contributed by atoms with van der Waals surface area (Å²) in [5, 5.41) is 38.3. The predicted molar refractivity (Wildman–Crippen MR) is 70.7 cm³/mol. The minimum atomic E-state index is -6.39. The van der Waals surface area contributed by atoms with Gasteiger partial charge >= 0.3 is 118 Å². The van der Waals surface area contributed by atoms with Gasteiger partial charge in [0, 0.05) is 0 Å². The molecule has 0 amide bonds. The van der Waals surface area contributed by atoms with Gasteiger partial charge in [-0.3, -0.25) is 0 Å². The van der Waals surface area contributed by atoms with Gasteiger partial charge in [0.25, 0.3) is 0 Å². The number of hydrogen-bond donors (Lipinski definition) is 4. The van der Waals surface area contributed by atoms with E-state index in [-0.39, 0.29) is 118 Å². The predicted octanol–water partition coefficient (Wildman–Crippen LogP) is -18.9. The molecule has 0 aliphatic carbocycles. The summed E-state index contributed by atoms with van der Waals surface area (Å²) in [6.45, 7) is 0. The molecule has 4 unspecified atom stereocenters. The van der Waals surface area contributed by atoms with Crippen LogP contribution < -0.4 is 118 Å². The fourth-order valence-corrected chi connectivity index (χ4v) is 2.90. The van der Waals surface area contributed by atoms with Crippen LogP contribution in [0.1, 0.15) is 0 Å². The van der Waals surface area contributed by atoms with Crippen LogP contribution in [-0.2, 0) is 63.4 Å². The van der Waals surface area contributed by atoms with Crippen LogP contribution in [-0.4, -0.2) is 97.0 Å². The van der Waals surface area contributed by atoms with Crippen LogP contribution in [0.5, 0.6) is 0 Å². The molecule has 34 heavy (non-hydrogen) atoms. The second-order valence-corrected chi connectivity index (χ2v) is 8.44. The Bertz CT molecular complexity index is 967. The van der Waals surface area contributed by atoms with E-state index in [9.17, 15) is 72.3 Å². The summed E-state index contributed by atoms with van der Waals surface area (Å²) >= 11 is 0. The van der Waals surface area contributed by atoms with Gasteiger partial charge in [-0.05, 0) is 0 Å². The molecular formula is C5H8Na4O21S4. The van der Waals surface area contributed by atoms with E-state index in [1.54, 1.807) is 0 Å². The van der Waals surface area contributed by atoms with Crippen LogP contribution in [0.4, 0.5) is 0 Å². The Morgan fingerprint density at radius 1 is 0.618 bits per heavy atom. The summed E-state index contributed by atoms with van der Waals surface area (Å²) in [4.78, 5) is 3.25. The maximum absolute atomic E-state index is 10.7. The summed E-state index contributed by atoms with van der Waals surface area (Å²) in [6.07, 6.45) is -11.4. The first-order valence-electron chi connectivity index (χ1n) is 5.99. The van der Waals surface area contributed by atoms with Gasteiger partial charge in [0.1, 0.15) is 5.92 Å². The van der Waals surface area contributed by atoms with Crippen molar-refractivity contribution in [3.05, 3.63) is 0 Å². The largest absolute Gasteiger partial charge is 1.00 e. The van der Waals surface area contributed by atoms with Crippen LogP contribution in [0.2, 0.25) is 0 Å². The van der Waals surface area contributed by atoms with Gasteiger partial charge in [-0.1, -0.05) is 0 Å². The molecule has 0 bridgehead atoms. The van der Waals surface area contributed by atoms with Crippen LogP contribution in [0.15, 0.2) is 0 Å². The molecule has 0 aromatic carbocycles. The molecule has 0 saturated carbocycles. The summed E-state index contributed by atoms with van der Waals surface area (Å²) < 4.78 is 139. The van der Waals surface area contributed by atoms with E-state index < -0.39 is 72.2 Å². The van der Waals surface area contributed by atoms with E-state index in [0.29, 0.717) is 0 Å². The summed E-state index contributed by atoms with van der Waals surface area (Å²) in [7, 11) is -24.5. The van der Waals surface area contributed by atoms with Crippen LogP contribution in [0.3, 0.4) is 0 Å². The molecule has 0 aromatic heterocycles. The van der Waals surface area contributed by atoms with Crippen LogP contribution >= 0.6 is 0 Å². The van der Waals surface area contributed by atoms with E-state index in [0.717, 1.165) is 0 Å². The van der Waals surface area contributed by atoms with Crippen molar-refractivity contribution in [1.82, 2.24) is 0 Å². The molecule has 0 heterocycles. The minimum absolute atomic E-state index is 0. The fourth-order valence-electron chi connectivity index (χ4n) is 1.49. The number of aliphatic hydroxyl groups excluding tert-OH is 3. The fraction of sp³-hybridized carbons (Fsp3) is 1.00. The standard InChI is InChI=1S/C5H12O21S4.4Na/c6-2(23-27(10,11)12)1(3(7)24-28(13,14)15)5(9,25-29(16,17)18)4(8)22-26-30(19,20)21;;;;/h1-4,6-9H,(H,10,11,12)(H,13,14,15)(H,16,17,18)(H,19,20,21);;;;/q;4*+1/p-4. The van der Waals surface area contributed by atoms with Crippen molar-refractivity contribution in [3.63, 3.8) is 0 Å². The van der Waals surface area contributed by atoms with Gasteiger partial charge in [-0.2, -0.15) is 4.89 Å². The van der Waals surface area contributed by atoms with Crippen molar-refractivity contribution in [2.75, 3.05) is 0 Å². The van der Waals surface area contributed by atoms with Crippen molar-refractivity contribution in [2.45, 2.75) is 24.7 Å². The molecular weight excluding hydrogens is 616 g/mol. The first-order chi connectivity index (χ1) is 13.0. The molecule has 4 N–H and O–H groups in total. The number of hydrogen-bond acceptors (Lipinski definition) is 21. The molecule has 0 radical (unpaired) electrons. The van der Waals surface area contributed by atoms with Crippen molar-refractivity contribution < 1.29 is 212 Å². The number of rotatable bonds is 13. The Balaban J connectivity index is -0.000000701. The second-order valence-electron chi connectivity index (χ2n) is 4.48. The Hall–Kier alpha value is 3.28. The first kappa shape index (κ1) is 47.1. The Labute approximate surface area is 280 Å². The summed E-state index contributed by atoms with van der Waals surface area (Å²) in [5.41, 5.74) is 0. The second kappa shape index (κ2) is 17.9. The molecule has 4 atom stereocenters. The zero-order valence-corrected chi connectivity index (χ0v) is 28.4. The molecule has 0 spiro atoms. The first-order valence-corrected chi connectivity index (χ1v) is 11.3. The summed E-state index contributed by atoms with van der Waals surface area (Å²) in [5.74, 6) is -8.53. The average Bonchev–Trinajstić information content (AvgIpc) is 2.37. The SMILES string of the molecule is O=S(=O)([O-])OOC(O)C(O)(OS(=O)(=O)[O-])C(C(O)OS(=O)(=O)[O-])C(O)OS(=O)(=O)[O-].[Na+].[Na+].[Na+].[Na+]. The molecule has 182 valence electrons.